The van der Waals surface area contributed by atoms with Crippen LogP contribution in [0.3, 0.4) is 0 Å². The molecular weight excluding hydrogens is 236 g/mol. The smallest absolute Gasteiger partial charge is 0.309 e. The maximum absolute atomic E-state index is 11.1. The molecule has 0 unspecified atom stereocenters. The molecule has 0 saturated carbocycles. The van der Waals surface area contributed by atoms with E-state index in [9.17, 15) is 9.90 Å². The molecule has 1 heterocycles. The zero-order valence-corrected chi connectivity index (χ0v) is 10.5. The molecule has 2 aromatic rings. The minimum atomic E-state index is -0.808. The van der Waals surface area contributed by atoms with E-state index in [1.165, 1.54) is 0 Å². The summed E-state index contributed by atoms with van der Waals surface area (Å²) in [5.41, 5.74) is 0.188. The van der Waals surface area contributed by atoms with Crippen molar-refractivity contribution in [3.63, 3.8) is 0 Å². The number of thiophene rings is 1. The maximum Gasteiger partial charge on any atom is 0.309 e. The van der Waals surface area contributed by atoms with Crippen molar-refractivity contribution in [2.45, 2.75) is 20.3 Å². The first-order valence-corrected chi connectivity index (χ1v) is 6.20. The highest BCUT2D eigenvalue weighted by Gasteiger charge is 2.28. The van der Waals surface area contributed by atoms with Crippen LogP contribution in [0.4, 0.5) is 0 Å². The average Bonchev–Trinajstić information content (AvgIpc) is 2.60. The fourth-order valence-electron chi connectivity index (χ4n) is 1.76. The summed E-state index contributed by atoms with van der Waals surface area (Å²) in [6.45, 7) is 3.42. The summed E-state index contributed by atoms with van der Waals surface area (Å²) in [4.78, 5) is 11.1. The molecule has 0 amide bonds. The summed E-state index contributed by atoms with van der Waals surface area (Å²) in [7, 11) is 0. The first kappa shape index (κ1) is 11.9. The van der Waals surface area contributed by atoms with E-state index in [-0.39, 0.29) is 5.75 Å². The summed E-state index contributed by atoms with van der Waals surface area (Å²) >= 11 is 1.57. The predicted molar refractivity (Wildman–Crippen MR) is 68.6 cm³/mol. The van der Waals surface area contributed by atoms with Crippen LogP contribution in [0.1, 0.15) is 19.4 Å². The van der Waals surface area contributed by atoms with Crippen LogP contribution in [0, 0.1) is 5.41 Å². The lowest BCUT2D eigenvalue weighted by molar-refractivity contribution is -0.146. The van der Waals surface area contributed by atoms with Crippen LogP contribution in [-0.4, -0.2) is 16.2 Å². The number of carboxylic acids is 1. The fraction of sp³-hybridized carbons (Fsp3) is 0.308. The average molecular weight is 250 g/mol. The van der Waals surface area contributed by atoms with E-state index in [1.54, 1.807) is 37.3 Å². The molecule has 0 spiro atoms. The Morgan fingerprint density at radius 1 is 1.41 bits per heavy atom. The molecule has 3 nitrogen and oxygen atoms in total. The van der Waals surface area contributed by atoms with Crippen LogP contribution < -0.4 is 0 Å². The van der Waals surface area contributed by atoms with Crippen LogP contribution in [0.2, 0.25) is 0 Å². The molecule has 0 saturated heterocycles. The lowest BCUT2D eigenvalue weighted by atomic mass is 9.86. The third kappa shape index (κ3) is 2.26. The first-order valence-electron chi connectivity index (χ1n) is 5.32. The van der Waals surface area contributed by atoms with Gasteiger partial charge in [0.2, 0.25) is 0 Å². The minimum Gasteiger partial charge on any atom is -0.508 e. The van der Waals surface area contributed by atoms with E-state index in [0.717, 1.165) is 15.6 Å². The third-order valence-electron chi connectivity index (χ3n) is 2.85. The van der Waals surface area contributed by atoms with Gasteiger partial charge in [0.05, 0.1) is 5.41 Å². The number of aromatic hydroxyl groups is 1. The molecule has 0 fully saturated rings. The van der Waals surface area contributed by atoms with Crippen LogP contribution >= 0.6 is 11.3 Å². The van der Waals surface area contributed by atoms with Gasteiger partial charge in [-0.15, -0.1) is 11.3 Å². The van der Waals surface area contributed by atoms with Gasteiger partial charge in [-0.1, -0.05) is 0 Å². The van der Waals surface area contributed by atoms with Gasteiger partial charge in [-0.3, -0.25) is 4.79 Å². The minimum absolute atomic E-state index is 0.213. The van der Waals surface area contributed by atoms with Gasteiger partial charge in [-0.25, -0.2) is 0 Å². The van der Waals surface area contributed by atoms with E-state index in [4.69, 9.17) is 5.11 Å². The molecule has 0 atom stereocenters. The number of fused-ring (bicyclic) bond motifs is 1. The van der Waals surface area contributed by atoms with Crippen LogP contribution in [-0.2, 0) is 11.2 Å². The van der Waals surface area contributed by atoms with Crippen LogP contribution in [0.15, 0.2) is 23.6 Å². The van der Waals surface area contributed by atoms with E-state index in [0.29, 0.717) is 6.42 Å². The van der Waals surface area contributed by atoms with Crippen LogP contribution in [0.25, 0.3) is 10.1 Å². The molecule has 0 aliphatic heterocycles. The number of rotatable bonds is 3. The van der Waals surface area contributed by atoms with Crippen molar-refractivity contribution in [3.8, 4) is 5.75 Å². The standard InChI is InChI=1S/C13H14O3S/c1-13(2,12(15)16)6-8-7-17-11-4-3-9(14)5-10(8)11/h3-5,7,14H,6H2,1-2H3,(H,15,16). The molecule has 0 bridgehead atoms. The Morgan fingerprint density at radius 3 is 2.76 bits per heavy atom. The molecule has 0 aliphatic rings. The first-order chi connectivity index (χ1) is 7.90. The van der Waals surface area contributed by atoms with Crippen molar-refractivity contribution >= 4 is 27.4 Å². The number of benzene rings is 1. The quantitative estimate of drug-likeness (QED) is 0.879. The number of carbonyl (C=O) groups is 1. The second-order valence-electron chi connectivity index (χ2n) is 4.81. The van der Waals surface area contributed by atoms with Gasteiger partial charge >= 0.3 is 5.97 Å². The molecule has 90 valence electrons. The molecule has 17 heavy (non-hydrogen) atoms. The fourth-order valence-corrected chi connectivity index (χ4v) is 2.70. The normalized spacial score (nSPS) is 11.9. The molecule has 2 N–H and O–H groups in total. The molecule has 1 aromatic heterocycles. The second-order valence-corrected chi connectivity index (χ2v) is 5.72. The number of carboxylic acid groups (broad SMARTS) is 1. The number of phenolic OH excluding ortho intramolecular Hbond substituents is 1. The number of hydrogen-bond acceptors (Lipinski definition) is 3. The Labute approximate surface area is 103 Å². The molecular formula is C13H14O3S. The Balaban J connectivity index is 2.43. The molecule has 4 heteroatoms. The summed E-state index contributed by atoms with van der Waals surface area (Å²) in [5.74, 6) is -0.595. The van der Waals surface area contributed by atoms with E-state index in [1.807, 2.05) is 11.4 Å². The predicted octanol–water partition coefficient (Wildman–Crippen LogP) is 3.26. The van der Waals surface area contributed by atoms with Gasteiger partial charge in [-0.2, -0.15) is 0 Å². The summed E-state index contributed by atoms with van der Waals surface area (Å²) < 4.78 is 1.07. The zero-order valence-electron chi connectivity index (χ0n) is 9.73. The molecule has 2 rings (SSSR count). The Hall–Kier alpha value is -1.55. The Morgan fingerprint density at radius 2 is 2.12 bits per heavy atom. The summed E-state index contributed by atoms with van der Waals surface area (Å²) in [6.07, 6.45) is 0.464. The monoisotopic (exact) mass is 250 g/mol. The van der Waals surface area contributed by atoms with Crippen molar-refractivity contribution in [2.75, 3.05) is 0 Å². The number of aliphatic carboxylic acids is 1. The van der Waals surface area contributed by atoms with Gasteiger partial charge in [-0.05, 0) is 54.8 Å². The van der Waals surface area contributed by atoms with Crippen LogP contribution in [0.5, 0.6) is 5.75 Å². The highest BCUT2D eigenvalue weighted by Crippen LogP contribution is 2.33. The number of phenols is 1. The summed E-state index contributed by atoms with van der Waals surface area (Å²) in [6, 6.07) is 5.19. The highest BCUT2D eigenvalue weighted by molar-refractivity contribution is 7.17. The number of hydrogen-bond donors (Lipinski definition) is 2. The van der Waals surface area contributed by atoms with E-state index >= 15 is 0 Å². The lowest BCUT2D eigenvalue weighted by Gasteiger charge is -2.18. The van der Waals surface area contributed by atoms with Gasteiger partial charge < -0.3 is 10.2 Å². The van der Waals surface area contributed by atoms with Crippen molar-refractivity contribution < 1.29 is 15.0 Å². The molecule has 1 aromatic carbocycles. The van der Waals surface area contributed by atoms with Crippen molar-refractivity contribution in [2.24, 2.45) is 5.41 Å². The molecule has 0 aliphatic carbocycles. The second kappa shape index (κ2) is 4.04. The van der Waals surface area contributed by atoms with E-state index in [2.05, 4.69) is 0 Å². The van der Waals surface area contributed by atoms with Crippen molar-refractivity contribution in [1.82, 2.24) is 0 Å². The third-order valence-corrected chi connectivity index (χ3v) is 3.86. The van der Waals surface area contributed by atoms with Crippen molar-refractivity contribution in [3.05, 3.63) is 29.1 Å². The van der Waals surface area contributed by atoms with Gasteiger partial charge in [0, 0.05) is 4.70 Å². The van der Waals surface area contributed by atoms with E-state index < -0.39 is 11.4 Å². The Kier molecular flexibility index (Phi) is 2.83. The largest absolute Gasteiger partial charge is 0.508 e. The summed E-state index contributed by atoms with van der Waals surface area (Å²) in [5, 5.41) is 21.5. The maximum atomic E-state index is 11.1. The van der Waals surface area contributed by atoms with Gasteiger partial charge in [0.15, 0.2) is 0 Å². The topological polar surface area (TPSA) is 57.5 Å². The van der Waals surface area contributed by atoms with Crippen molar-refractivity contribution in [1.29, 1.82) is 0 Å². The SMILES string of the molecule is CC(C)(Cc1csc2ccc(O)cc12)C(=O)O. The lowest BCUT2D eigenvalue weighted by Crippen LogP contribution is -2.25. The Bertz CT molecular complexity index is 569. The molecule has 0 radical (unpaired) electrons. The highest BCUT2D eigenvalue weighted by atomic mass is 32.1. The van der Waals surface area contributed by atoms with Gasteiger partial charge in [0.25, 0.3) is 0 Å². The zero-order chi connectivity index (χ0) is 12.6. The van der Waals surface area contributed by atoms with Gasteiger partial charge in [0.1, 0.15) is 5.75 Å².